The van der Waals surface area contributed by atoms with Crippen LogP contribution >= 0.6 is 0 Å². The van der Waals surface area contributed by atoms with Crippen LogP contribution in [0.1, 0.15) is 24.0 Å². The van der Waals surface area contributed by atoms with Gasteiger partial charge >= 0.3 is 0 Å². The molecule has 0 bridgehead atoms. The number of hydrogen-bond acceptors (Lipinski definition) is 4. The third-order valence-electron chi connectivity index (χ3n) is 5.56. The summed E-state index contributed by atoms with van der Waals surface area (Å²) in [4.78, 5) is 2.31. The summed E-state index contributed by atoms with van der Waals surface area (Å²) in [6.07, 6.45) is 3.80. The third-order valence-corrected chi connectivity index (χ3v) is 5.56. The van der Waals surface area contributed by atoms with E-state index < -0.39 is 0 Å². The van der Waals surface area contributed by atoms with Gasteiger partial charge in [-0.2, -0.15) is 5.10 Å². The molecule has 1 saturated heterocycles. The number of aliphatic hydroxyl groups excluding tert-OH is 1. The van der Waals surface area contributed by atoms with E-state index in [1.54, 1.807) is 0 Å². The van der Waals surface area contributed by atoms with Crippen LogP contribution in [0.15, 0.2) is 71.3 Å². The minimum absolute atomic E-state index is 0.238. The fourth-order valence-corrected chi connectivity index (χ4v) is 4.15. The highest BCUT2D eigenvalue weighted by atomic mass is 16.3. The second kappa shape index (κ2) is 7.85. The molecule has 0 unspecified atom stereocenters. The van der Waals surface area contributed by atoms with Crippen LogP contribution in [0.2, 0.25) is 0 Å². The average molecular weight is 387 g/mol. The predicted molar refractivity (Wildman–Crippen MR) is 113 cm³/mol. The molecule has 0 aliphatic carbocycles. The number of para-hydroxylation sites is 1. The molecule has 1 aliphatic heterocycles. The molecule has 0 radical (unpaired) electrons. The van der Waals surface area contributed by atoms with Crippen LogP contribution in [-0.4, -0.2) is 39.0 Å². The van der Waals surface area contributed by atoms with Crippen LogP contribution < -0.4 is 0 Å². The number of piperidine rings is 1. The van der Waals surface area contributed by atoms with Gasteiger partial charge in [-0.3, -0.25) is 9.58 Å². The van der Waals surface area contributed by atoms with E-state index in [9.17, 15) is 5.11 Å². The second-order valence-corrected chi connectivity index (χ2v) is 7.87. The molecule has 1 aliphatic rings. The maximum absolute atomic E-state index is 10.1. The summed E-state index contributed by atoms with van der Waals surface area (Å²) < 4.78 is 8.12. The number of furan rings is 1. The molecule has 1 N–H and O–H groups in total. The smallest absolute Gasteiger partial charge is 0.156 e. The SMILES string of the molecule is O[C@@H]1CCCN(Cc2cn(Cc3ccccc3)nc2-c2cc3ccccc3o2)C1. The normalized spacial score (nSPS) is 17.8. The zero-order valence-corrected chi connectivity index (χ0v) is 16.4. The molecule has 5 nitrogen and oxygen atoms in total. The summed E-state index contributed by atoms with van der Waals surface area (Å²) in [5, 5.41) is 16.0. The van der Waals surface area contributed by atoms with E-state index in [4.69, 9.17) is 9.52 Å². The van der Waals surface area contributed by atoms with Crippen molar-refractivity contribution in [3.63, 3.8) is 0 Å². The number of rotatable bonds is 5. The molecule has 1 fully saturated rings. The number of β-amino-alcohol motifs (C(OH)–C–C–N with tert-alkyl or cyclic N) is 1. The van der Waals surface area contributed by atoms with Crippen LogP contribution in [0.4, 0.5) is 0 Å². The third kappa shape index (κ3) is 3.97. The number of likely N-dealkylation sites (tertiary alicyclic amines) is 1. The second-order valence-electron chi connectivity index (χ2n) is 7.87. The molecule has 2 aromatic carbocycles. The van der Waals surface area contributed by atoms with E-state index in [0.29, 0.717) is 6.54 Å². The van der Waals surface area contributed by atoms with Gasteiger partial charge in [0.25, 0.3) is 0 Å². The zero-order valence-electron chi connectivity index (χ0n) is 16.4. The first-order chi connectivity index (χ1) is 14.2. The number of fused-ring (bicyclic) bond motifs is 1. The van der Waals surface area contributed by atoms with Crippen molar-refractivity contribution < 1.29 is 9.52 Å². The average Bonchev–Trinajstić information content (AvgIpc) is 3.32. The molecule has 0 saturated carbocycles. The van der Waals surface area contributed by atoms with E-state index >= 15 is 0 Å². The molecular formula is C24H25N3O2. The van der Waals surface area contributed by atoms with E-state index in [-0.39, 0.29) is 6.10 Å². The van der Waals surface area contributed by atoms with Crippen LogP contribution in [0.25, 0.3) is 22.4 Å². The monoisotopic (exact) mass is 387 g/mol. The Hall–Kier alpha value is -2.89. The van der Waals surface area contributed by atoms with Crippen LogP contribution in [0, 0.1) is 0 Å². The van der Waals surface area contributed by atoms with Gasteiger partial charge in [0.2, 0.25) is 0 Å². The van der Waals surface area contributed by atoms with Crippen molar-refractivity contribution in [2.24, 2.45) is 0 Å². The summed E-state index contributed by atoms with van der Waals surface area (Å²) in [5.74, 6) is 0.797. The van der Waals surface area contributed by atoms with Crippen molar-refractivity contribution in [1.82, 2.24) is 14.7 Å². The predicted octanol–water partition coefficient (Wildman–Crippen LogP) is 4.30. The van der Waals surface area contributed by atoms with E-state index in [2.05, 4.69) is 47.5 Å². The van der Waals surface area contributed by atoms with Gasteiger partial charge in [0.05, 0.1) is 12.6 Å². The van der Waals surface area contributed by atoms with Gasteiger partial charge in [0.15, 0.2) is 5.76 Å². The number of nitrogens with zero attached hydrogens (tertiary/aromatic N) is 3. The maximum Gasteiger partial charge on any atom is 0.156 e. The Bertz CT molecular complexity index is 1070. The van der Waals surface area contributed by atoms with Crippen molar-refractivity contribution in [2.75, 3.05) is 13.1 Å². The lowest BCUT2D eigenvalue weighted by molar-refractivity contribution is 0.0669. The topological polar surface area (TPSA) is 54.4 Å². The van der Waals surface area contributed by atoms with Crippen molar-refractivity contribution in [3.8, 4) is 11.5 Å². The fourth-order valence-electron chi connectivity index (χ4n) is 4.15. The van der Waals surface area contributed by atoms with Crippen LogP contribution in [0.3, 0.4) is 0 Å². The first-order valence-corrected chi connectivity index (χ1v) is 10.2. The van der Waals surface area contributed by atoms with E-state index in [1.807, 2.05) is 28.9 Å². The summed E-state index contributed by atoms with van der Waals surface area (Å²) in [5.41, 5.74) is 4.11. The molecule has 1 atom stereocenters. The Morgan fingerprint density at radius 1 is 1.03 bits per heavy atom. The van der Waals surface area contributed by atoms with Gasteiger partial charge < -0.3 is 9.52 Å². The Morgan fingerprint density at radius 3 is 2.69 bits per heavy atom. The molecule has 0 amide bonds. The van der Waals surface area contributed by atoms with Gasteiger partial charge in [-0.25, -0.2) is 0 Å². The van der Waals surface area contributed by atoms with Crippen molar-refractivity contribution in [2.45, 2.75) is 32.0 Å². The van der Waals surface area contributed by atoms with Gasteiger partial charge in [-0.1, -0.05) is 48.5 Å². The number of benzene rings is 2. The lowest BCUT2D eigenvalue weighted by Crippen LogP contribution is -2.37. The number of hydrogen-bond donors (Lipinski definition) is 1. The van der Waals surface area contributed by atoms with Crippen LogP contribution in [-0.2, 0) is 13.1 Å². The zero-order chi connectivity index (χ0) is 19.6. The van der Waals surface area contributed by atoms with Crippen molar-refractivity contribution in [3.05, 3.63) is 78.0 Å². The minimum Gasteiger partial charge on any atom is -0.454 e. The molecule has 148 valence electrons. The Kier molecular flexibility index (Phi) is 4.92. The van der Waals surface area contributed by atoms with Gasteiger partial charge in [-0.05, 0) is 37.1 Å². The van der Waals surface area contributed by atoms with E-state index in [1.165, 1.54) is 5.56 Å². The van der Waals surface area contributed by atoms with Gasteiger partial charge in [-0.15, -0.1) is 0 Å². The first-order valence-electron chi connectivity index (χ1n) is 10.2. The van der Waals surface area contributed by atoms with Gasteiger partial charge in [0, 0.05) is 30.2 Å². The molecule has 5 heteroatoms. The summed E-state index contributed by atoms with van der Waals surface area (Å²) in [6.45, 7) is 3.19. The van der Waals surface area contributed by atoms with Crippen LogP contribution in [0.5, 0.6) is 0 Å². The molecule has 29 heavy (non-hydrogen) atoms. The molecular weight excluding hydrogens is 362 g/mol. The fraction of sp³-hybridized carbons (Fsp3) is 0.292. The highest BCUT2D eigenvalue weighted by Crippen LogP contribution is 2.30. The molecule has 3 heterocycles. The van der Waals surface area contributed by atoms with Crippen molar-refractivity contribution >= 4 is 11.0 Å². The summed E-state index contributed by atoms with van der Waals surface area (Å²) >= 11 is 0. The quantitative estimate of drug-likeness (QED) is 0.555. The number of aliphatic hydroxyl groups is 1. The molecule has 0 spiro atoms. The molecule has 2 aromatic heterocycles. The summed E-state index contributed by atoms with van der Waals surface area (Å²) in [7, 11) is 0. The lowest BCUT2D eigenvalue weighted by atomic mass is 10.1. The minimum atomic E-state index is -0.238. The van der Waals surface area contributed by atoms with Gasteiger partial charge in [0.1, 0.15) is 11.3 Å². The first kappa shape index (κ1) is 18.2. The Labute approximate surface area is 170 Å². The van der Waals surface area contributed by atoms with Crippen molar-refractivity contribution in [1.29, 1.82) is 0 Å². The Balaban J connectivity index is 1.50. The number of aromatic nitrogens is 2. The largest absolute Gasteiger partial charge is 0.454 e. The molecule has 4 aromatic rings. The lowest BCUT2D eigenvalue weighted by Gasteiger charge is -2.29. The van der Waals surface area contributed by atoms with E-state index in [0.717, 1.165) is 60.5 Å². The highest BCUT2D eigenvalue weighted by Gasteiger charge is 2.22. The maximum atomic E-state index is 10.1. The Morgan fingerprint density at radius 2 is 1.86 bits per heavy atom. The standard InChI is InChI=1S/C24H25N3O2/c28-21-10-6-12-26(17-21)15-20-16-27(14-18-7-2-1-3-8-18)25-24(20)23-13-19-9-4-5-11-22(19)29-23/h1-5,7-9,11,13,16,21,28H,6,10,12,14-15,17H2/t21-/m1/s1. The molecule has 5 rings (SSSR count). The summed E-state index contributed by atoms with van der Waals surface area (Å²) in [6, 6.07) is 20.5. The highest BCUT2D eigenvalue weighted by molar-refractivity contribution is 5.82.